The Bertz CT molecular complexity index is 821. The van der Waals surface area contributed by atoms with Crippen molar-refractivity contribution in [1.82, 2.24) is 9.78 Å². The lowest BCUT2D eigenvalue weighted by Crippen LogP contribution is -2.28. The van der Waals surface area contributed by atoms with Crippen LogP contribution in [0.3, 0.4) is 0 Å². The molecule has 0 radical (unpaired) electrons. The van der Waals surface area contributed by atoms with E-state index in [9.17, 15) is 4.39 Å². The van der Waals surface area contributed by atoms with Crippen molar-refractivity contribution in [2.45, 2.75) is 20.4 Å². The minimum atomic E-state index is -0.255. The van der Waals surface area contributed by atoms with Gasteiger partial charge in [0.05, 0.1) is 12.6 Å². The van der Waals surface area contributed by atoms with Crippen molar-refractivity contribution >= 4 is 0 Å². The van der Waals surface area contributed by atoms with Crippen LogP contribution in [0.2, 0.25) is 0 Å². The summed E-state index contributed by atoms with van der Waals surface area (Å²) in [6.07, 6.45) is 1.89. The van der Waals surface area contributed by atoms with Crippen LogP contribution in [0.5, 0.6) is 0 Å². The van der Waals surface area contributed by atoms with Crippen molar-refractivity contribution in [3.05, 3.63) is 71.3 Å². The minimum Gasteiger partial charge on any atom is -0.233 e. The van der Waals surface area contributed by atoms with Crippen LogP contribution >= 0.6 is 0 Å². The van der Waals surface area contributed by atoms with E-state index < -0.39 is 0 Å². The Morgan fingerprint density at radius 1 is 1.14 bits per heavy atom. The number of nitrogens with zero attached hydrogens (tertiary/aromatic N) is 3. The van der Waals surface area contributed by atoms with E-state index in [1.54, 1.807) is 12.1 Å². The Kier molecular flexibility index (Phi) is 3.75. The van der Waals surface area contributed by atoms with Gasteiger partial charge in [-0.05, 0) is 37.1 Å². The summed E-state index contributed by atoms with van der Waals surface area (Å²) in [5, 5.41) is 4.54. The molecule has 1 heterocycles. The van der Waals surface area contributed by atoms with E-state index in [1.165, 1.54) is 22.8 Å². The van der Waals surface area contributed by atoms with Crippen molar-refractivity contribution in [2.24, 2.45) is 7.05 Å². The number of aromatic nitrogens is 3. The molecule has 3 aromatic rings. The molecule has 3 nitrogen and oxygen atoms in total. The Morgan fingerprint density at radius 2 is 1.91 bits per heavy atom. The molecule has 4 heteroatoms. The second-order valence-electron chi connectivity index (χ2n) is 5.66. The third-order valence-electron chi connectivity index (χ3n) is 3.81. The number of hydrogen-bond acceptors (Lipinski definition) is 1. The van der Waals surface area contributed by atoms with Gasteiger partial charge in [0.2, 0.25) is 6.33 Å². The zero-order valence-corrected chi connectivity index (χ0v) is 13.0. The summed E-state index contributed by atoms with van der Waals surface area (Å²) in [5.41, 5.74) is 4.23. The summed E-state index contributed by atoms with van der Waals surface area (Å²) < 4.78 is 17.6. The number of halogens is 1. The van der Waals surface area contributed by atoms with Crippen LogP contribution in [-0.2, 0) is 13.6 Å². The van der Waals surface area contributed by atoms with Gasteiger partial charge in [-0.25, -0.2) is 8.96 Å². The van der Waals surface area contributed by atoms with Crippen LogP contribution in [0.15, 0.2) is 48.8 Å². The van der Waals surface area contributed by atoms with Crippen LogP contribution in [0, 0.1) is 19.7 Å². The summed E-state index contributed by atoms with van der Waals surface area (Å²) in [7, 11) is 1.88. The third-order valence-corrected chi connectivity index (χ3v) is 3.81. The molecule has 0 saturated heterocycles. The lowest BCUT2D eigenvalue weighted by atomic mass is 10.1. The highest BCUT2D eigenvalue weighted by molar-refractivity contribution is 5.52. The minimum absolute atomic E-state index is 0.255. The second-order valence-corrected chi connectivity index (χ2v) is 5.66. The molecule has 22 heavy (non-hydrogen) atoms. The molecule has 0 unspecified atom stereocenters. The maximum atomic E-state index is 13.9. The van der Waals surface area contributed by atoms with E-state index in [0.29, 0.717) is 17.9 Å². The van der Waals surface area contributed by atoms with E-state index in [-0.39, 0.29) is 5.82 Å². The van der Waals surface area contributed by atoms with E-state index >= 15 is 0 Å². The van der Waals surface area contributed by atoms with Gasteiger partial charge in [-0.2, -0.15) is 0 Å². The Balaban J connectivity index is 1.94. The molecule has 0 aliphatic carbocycles. The van der Waals surface area contributed by atoms with Crippen LogP contribution in [0.4, 0.5) is 4.39 Å². The Hall–Kier alpha value is -2.49. The number of benzene rings is 2. The molecule has 0 N–H and O–H groups in total. The van der Waals surface area contributed by atoms with Gasteiger partial charge in [0, 0.05) is 5.10 Å². The fourth-order valence-electron chi connectivity index (χ4n) is 2.63. The highest BCUT2D eigenvalue weighted by Gasteiger charge is 2.19. The lowest BCUT2D eigenvalue weighted by Gasteiger charge is -2.03. The van der Waals surface area contributed by atoms with Crippen LogP contribution < -0.4 is 4.57 Å². The van der Waals surface area contributed by atoms with E-state index in [2.05, 4.69) is 37.1 Å². The van der Waals surface area contributed by atoms with Gasteiger partial charge < -0.3 is 0 Å². The first-order chi connectivity index (χ1) is 10.5. The fraction of sp³-hybridized carbons (Fsp3) is 0.222. The summed E-state index contributed by atoms with van der Waals surface area (Å²) in [4.78, 5) is 0. The molecule has 0 spiro atoms. The van der Waals surface area contributed by atoms with Crippen molar-refractivity contribution in [3.63, 3.8) is 0 Å². The smallest absolute Gasteiger partial charge is 0.233 e. The maximum absolute atomic E-state index is 13.9. The Labute approximate surface area is 129 Å². The largest absolute Gasteiger partial charge is 0.311 e. The zero-order chi connectivity index (χ0) is 15.7. The van der Waals surface area contributed by atoms with Gasteiger partial charge in [-0.1, -0.05) is 35.9 Å². The summed E-state index contributed by atoms with van der Waals surface area (Å²) in [6.45, 7) is 4.86. The molecular formula is C18H19FN3+. The van der Waals surface area contributed by atoms with E-state index in [4.69, 9.17) is 0 Å². The molecule has 3 rings (SSSR count). The van der Waals surface area contributed by atoms with Gasteiger partial charge in [0.1, 0.15) is 12.4 Å². The predicted molar refractivity (Wildman–Crippen MR) is 83.8 cm³/mol. The topological polar surface area (TPSA) is 21.7 Å². The number of hydrogen-bond donors (Lipinski definition) is 0. The molecule has 1 aromatic heterocycles. The van der Waals surface area contributed by atoms with Gasteiger partial charge in [-0.3, -0.25) is 0 Å². The average molecular weight is 296 g/mol. The highest BCUT2D eigenvalue weighted by Crippen LogP contribution is 2.17. The SMILES string of the molecule is Cc1ccc(Cn2c[n+](C)c(-c3ccccc3F)n2)c(C)c1. The maximum Gasteiger partial charge on any atom is 0.311 e. The van der Waals surface area contributed by atoms with Crippen molar-refractivity contribution in [2.75, 3.05) is 0 Å². The van der Waals surface area contributed by atoms with Gasteiger partial charge >= 0.3 is 5.82 Å². The van der Waals surface area contributed by atoms with Gasteiger partial charge in [-0.15, -0.1) is 4.68 Å². The monoisotopic (exact) mass is 296 g/mol. The van der Waals surface area contributed by atoms with Crippen LogP contribution in [0.25, 0.3) is 11.4 Å². The second kappa shape index (κ2) is 5.72. The number of aryl methyl sites for hydroxylation is 3. The van der Waals surface area contributed by atoms with Crippen molar-refractivity contribution in [3.8, 4) is 11.4 Å². The number of rotatable bonds is 3. The highest BCUT2D eigenvalue weighted by atomic mass is 19.1. The molecule has 0 aliphatic rings. The summed E-state index contributed by atoms with van der Waals surface area (Å²) >= 11 is 0. The Morgan fingerprint density at radius 3 is 2.64 bits per heavy atom. The standard InChI is InChI=1S/C18H19FN3/c1-13-8-9-15(14(2)10-13)11-22-12-21(3)18(20-22)16-6-4-5-7-17(16)19/h4-10,12H,11H2,1-3H3/q+1. The quantitative estimate of drug-likeness (QED) is 0.680. The molecule has 2 aromatic carbocycles. The molecule has 112 valence electrons. The molecule has 0 amide bonds. The first kappa shape index (κ1) is 14.4. The first-order valence-electron chi connectivity index (χ1n) is 7.28. The molecule has 0 fully saturated rings. The van der Waals surface area contributed by atoms with Crippen molar-refractivity contribution < 1.29 is 8.96 Å². The van der Waals surface area contributed by atoms with Gasteiger partial charge in [0.15, 0.2) is 0 Å². The fourth-order valence-corrected chi connectivity index (χ4v) is 2.63. The summed E-state index contributed by atoms with van der Waals surface area (Å²) in [6, 6.07) is 13.1. The lowest BCUT2D eigenvalue weighted by molar-refractivity contribution is -0.661. The molecule has 0 aliphatic heterocycles. The first-order valence-corrected chi connectivity index (χ1v) is 7.28. The molecule has 0 bridgehead atoms. The zero-order valence-electron chi connectivity index (χ0n) is 13.0. The van der Waals surface area contributed by atoms with Gasteiger partial charge in [0.25, 0.3) is 0 Å². The third kappa shape index (κ3) is 2.77. The normalized spacial score (nSPS) is 10.9. The average Bonchev–Trinajstić information content (AvgIpc) is 2.83. The summed E-state index contributed by atoms with van der Waals surface area (Å²) in [5.74, 6) is 0.373. The predicted octanol–water partition coefficient (Wildman–Crippen LogP) is 3.18. The van der Waals surface area contributed by atoms with Crippen LogP contribution in [0.1, 0.15) is 16.7 Å². The molecular weight excluding hydrogens is 277 g/mol. The van der Waals surface area contributed by atoms with E-state index in [1.807, 2.05) is 28.7 Å². The molecule has 0 atom stereocenters. The van der Waals surface area contributed by atoms with Crippen LogP contribution in [-0.4, -0.2) is 9.78 Å². The van der Waals surface area contributed by atoms with E-state index in [0.717, 1.165) is 0 Å². The molecule has 0 saturated carbocycles. The van der Waals surface area contributed by atoms with Crippen molar-refractivity contribution in [1.29, 1.82) is 0 Å².